The molecule has 4 atom stereocenters. The Balaban J connectivity index is 1.20. The van der Waals surface area contributed by atoms with Gasteiger partial charge in [-0.25, -0.2) is 0 Å². The van der Waals surface area contributed by atoms with Gasteiger partial charge in [-0.05, 0) is 75.0 Å². The van der Waals surface area contributed by atoms with Gasteiger partial charge in [0.15, 0.2) is 0 Å². The normalized spacial score (nSPS) is 35.9. The number of fused-ring (bicyclic) bond motifs is 5. The molecule has 4 aliphatic rings. The number of rotatable bonds is 3. The minimum absolute atomic E-state index is 0.0455. The molecule has 154 valence electrons. The number of amides is 3. The summed E-state index contributed by atoms with van der Waals surface area (Å²) in [6.07, 6.45) is 6.01. The molecular formula is C22H24Cl2N2O3. The Morgan fingerprint density at radius 3 is 2.10 bits per heavy atom. The third kappa shape index (κ3) is 3.17. The summed E-state index contributed by atoms with van der Waals surface area (Å²) in [7, 11) is 0. The van der Waals surface area contributed by atoms with E-state index in [-0.39, 0.29) is 41.5 Å². The van der Waals surface area contributed by atoms with Gasteiger partial charge in [-0.2, -0.15) is 0 Å². The molecule has 1 aromatic rings. The monoisotopic (exact) mass is 434 g/mol. The van der Waals surface area contributed by atoms with Crippen LogP contribution in [-0.2, 0) is 14.4 Å². The van der Waals surface area contributed by atoms with Crippen LogP contribution >= 0.6 is 23.2 Å². The van der Waals surface area contributed by atoms with Crippen molar-refractivity contribution in [2.24, 2.45) is 29.6 Å². The molecule has 29 heavy (non-hydrogen) atoms. The Hall–Kier alpha value is -1.59. The Labute approximate surface area is 180 Å². The predicted molar refractivity (Wildman–Crippen MR) is 111 cm³/mol. The topological polar surface area (TPSA) is 66.5 Å². The van der Waals surface area contributed by atoms with Gasteiger partial charge in [0.25, 0.3) is 0 Å². The van der Waals surface area contributed by atoms with Crippen molar-refractivity contribution in [1.82, 2.24) is 4.90 Å². The highest BCUT2D eigenvalue weighted by molar-refractivity contribution is 6.42. The van der Waals surface area contributed by atoms with E-state index in [2.05, 4.69) is 5.32 Å². The fourth-order valence-corrected chi connectivity index (χ4v) is 6.50. The Kier molecular flexibility index (Phi) is 4.86. The second-order valence-electron chi connectivity index (χ2n) is 9.05. The summed E-state index contributed by atoms with van der Waals surface area (Å²) in [6.45, 7) is 0. The van der Waals surface area contributed by atoms with Crippen molar-refractivity contribution >= 4 is 46.6 Å². The van der Waals surface area contributed by atoms with Gasteiger partial charge in [0.2, 0.25) is 17.7 Å². The van der Waals surface area contributed by atoms with Gasteiger partial charge in [-0.15, -0.1) is 0 Å². The number of benzene rings is 1. The summed E-state index contributed by atoms with van der Waals surface area (Å²) in [5, 5.41) is 3.75. The van der Waals surface area contributed by atoms with Gasteiger partial charge in [0, 0.05) is 17.6 Å². The molecule has 0 radical (unpaired) electrons. The maximum atomic E-state index is 13.0. The van der Waals surface area contributed by atoms with E-state index in [1.807, 2.05) is 0 Å². The molecule has 1 aliphatic heterocycles. The molecule has 1 aromatic carbocycles. The fraction of sp³-hybridized carbons (Fsp3) is 0.591. The number of anilines is 1. The van der Waals surface area contributed by atoms with E-state index in [9.17, 15) is 14.4 Å². The van der Waals surface area contributed by atoms with Crippen LogP contribution in [0.25, 0.3) is 0 Å². The van der Waals surface area contributed by atoms with Crippen LogP contribution in [0.3, 0.4) is 0 Å². The molecule has 2 bridgehead atoms. The molecular weight excluding hydrogens is 411 g/mol. The molecule has 3 saturated carbocycles. The zero-order valence-corrected chi connectivity index (χ0v) is 17.6. The highest BCUT2D eigenvalue weighted by Crippen LogP contribution is 2.56. The average molecular weight is 435 g/mol. The first-order valence-electron chi connectivity index (χ1n) is 10.6. The lowest BCUT2D eigenvalue weighted by molar-refractivity contribution is -0.144. The van der Waals surface area contributed by atoms with Gasteiger partial charge >= 0.3 is 0 Å². The maximum absolute atomic E-state index is 13.0. The standard InChI is InChI=1S/C22H24Cl2N2O3/c23-16-8-5-14(10-17(16)24)25-20(27)11-3-6-15(7-4-11)26-21(28)18-12-1-2-13(9-12)19(18)22(26)29/h5,8,10-13,15,18-19H,1-4,6-7,9H2,(H,25,27)/t11?,12-,13-,15?,18-,19+/m0/s1. The zero-order valence-electron chi connectivity index (χ0n) is 16.1. The first-order chi connectivity index (χ1) is 13.9. The number of hydrogen-bond acceptors (Lipinski definition) is 3. The number of likely N-dealkylation sites (tertiary alicyclic amines) is 1. The SMILES string of the molecule is O=C(Nc1ccc(Cl)c(Cl)c1)C1CCC(N2C(=O)[C@@H]3[C@H]4CC[C@@H](C4)[C@@H]3C2=O)CC1. The molecule has 0 aromatic heterocycles. The Morgan fingerprint density at radius 1 is 0.897 bits per heavy atom. The van der Waals surface area contributed by atoms with Gasteiger partial charge in [0.1, 0.15) is 0 Å². The molecule has 1 saturated heterocycles. The fourth-order valence-electron chi connectivity index (χ4n) is 6.21. The van der Waals surface area contributed by atoms with E-state index >= 15 is 0 Å². The number of carbonyl (C=O) groups excluding carboxylic acids is 3. The maximum Gasteiger partial charge on any atom is 0.233 e. The molecule has 5 rings (SSSR count). The molecule has 3 amide bonds. The molecule has 4 fully saturated rings. The van der Waals surface area contributed by atoms with Crippen LogP contribution in [0.5, 0.6) is 0 Å². The van der Waals surface area contributed by atoms with E-state index in [0.717, 1.165) is 19.3 Å². The van der Waals surface area contributed by atoms with Crippen molar-refractivity contribution in [3.8, 4) is 0 Å². The predicted octanol–water partition coefficient (Wildman–Crippen LogP) is 4.52. The summed E-state index contributed by atoms with van der Waals surface area (Å²) < 4.78 is 0. The van der Waals surface area contributed by atoms with Crippen molar-refractivity contribution < 1.29 is 14.4 Å². The third-order valence-electron chi connectivity index (χ3n) is 7.58. The first kappa shape index (κ1) is 19.4. The van der Waals surface area contributed by atoms with Crippen molar-refractivity contribution in [2.45, 2.75) is 51.0 Å². The van der Waals surface area contributed by atoms with Gasteiger partial charge in [-0.1, -0.05) is 23.2 Å². The first-order valence-corrected chi connectivity index (χ1v) is 11.3. The lowest BCUT2D eigenvalue weighted by Gasteiger charge is -2.33. The minimum atomic E-state index is -0.121. The van der Waals surface area contributed by atoms with Crippen LogP contribution in [-0.4, -0.2) is 28.7 Å². The average Bonchev–Trinajstić information content (AvgIpc) is 3.39. The summed E-state index contributed by atoms with van der Waals surface area (Å²) in [6, 6.07) is 4.98. The van der Waals surface area contributed by atoms with E-state index in [1.165, 1.54) is 0 Å². The van der Waals surface area contributed by atoms with Crippen LogP contribution in [0.15, 0.2) is 18.2 Å². The van der Waals surface area contributed by atoms with E-state index in [1.54, 1.807) is 23.1 Å². The van der Waals surface area contributed by atoms with Gasteiger partial charge in [-0.3, -0.25) is 19.3 Å². The summed E-state index contributed by atoms with van der Waals surface area (Å²) in [5.41, 5.74) is 0.625. The molecule has 1 N–H and O–H groups in total. The van der Waals surface area contributed by atoms with E-state index in [0.29, 0.717) is 53.3 Å². The highest BCUT2D eigenvalue weighted by Gasteiger charge is 2.61. The van der Waals surface area contributed by atoms with Crippen molar-refractivity contribution in [2.75, 3.05) is 5.32 Å². The molecule has 0 spiro atoms. The number of hydrogen-bond donors (Lipinski definition) is 1. The Bertz CT molecular complexity index is 853. The molecule has 3 aliphatic carbocycles. The van der Waals surface area contributed by atoms with Gasteiger partial charge in [0.05, 0.1) is 21.9 Å². The molecule has 0 unspecified atom stereocenters. The quantitative estimate of drug-likeness (QED) is 0.710. The molecule has 5 nitrogen and oxygen atoms in total. The van der Waals surface area contributed by atoms with Crippen LogP contribution in [0.1, 0.15) is 44.9 Å². The second kappa shape index (κ2) is 7.28. The number of nitrogens with one attached hydrogen (secondary N) is 1. The summed E-state index contributed by atoms with van der Waals surface area (Å²) in [4.78, 5) is 40.2. The van der Waals surface area contributed by atoms with Crippen molar-refractivity contribution in [3.05, 3.63) is 28.2 Å². The van der Waals surface area contributed by atoms with Crippen molar-refractivity contribution in [1.29, 1.82) is 0 Å². The lowest BCUT2D eigenvalue weighted by atomic mass is 9.81. The van der Waals surface area contributed by atoms with E-state index < -0.39 is 0 Å². The molecule has 7 heteroatoms. The number of imide groups is 1. The van der Waals surface area contributed by atoms with Crippen LogP contribution in [0.4, 0.5) is 5.69 Å². The second-order valence-corrected chi connectivity index (χ2v) is 9.87. The third-order valence-corrected chi connectivity index (χ3v) is 8.32. The zero-order chi connectivity index (χ0) is 20.3. The van der Waals surface area contributed by atoms with E-state index in [4.69, 9.17) is 23.2 Å². The summed E-state index contributed by atoms with van der Waals surface area (Å²) in [5.74, 6) is 0.681. The van der Waals surface area contributed by atoms with Crippen LogP contribution in [0, 0.1) is 29.6 Å². The van der Waals surface area contributed by atoms with Gasteiger partial charge < -0.3 is 5.32 Å². The minimum Gasteiger partial charge on any atom is -0.326 e. The van der Waals surface area contributed by atoms with Crippen LogP contribution in [0.2, 0.25) is 10.0 Å². The lowest BCUT2D eigenvalue weighted by Crippen LogP contribution is -2.44. The smallest absolute Gasteiger partial charge is 0.233 e. The number of halogens is 2. The number of nitrogens with zero attached hydrogens (tertiary/aromatic N) is 1. The summed E-state index contributed by atoms with van der Waals surface area (Å²) >= 11 is 11.9. The van der Waals surface area contributed by atoms with Crippen molar-refractivity contribution in [3.63, 3.8) is 0 Å². The number of carbonyl (C=O) groups is 3. The van der Waals surface area contributed by atoms with Crippen LogP contribution < -0.4 is 5.32 Å². The Morgan fingerprint density at radius 2 is 1.52 bits per heavy atom. The molecule has 1 heterocycles. The largest absolute Gasteiger partial charge is 0.326 e. The highest BCUT2D eigenvalue weighted by atomic mass is 35.5.